The molecule has 0 saturated heterocycles. The largest absolute Gasteiger partial charge is 0.475 e. The summed E-state index contributed by atoms with van der Waals surface area (Å²) < 4.78 is 13.5. The number of nitrogens with one attached hydrogen (secondary N) is 1. The summed E-state index contributed by atoms with van der Waals surface area (Å²) in [7, 11) is 0. The van der Waals surface area contributed by atoms with Crippen LogP contribution in [0.25, 0.3) is 33.5 Å². The van der Waals surface area contributed by atoms with Gasteiger partial charge in [-0.3, -0.25) is 0 Å². The molecule has 10 nitrogen and oxygen atoms in total. The summed E-state index contributed by atoms with van der Waals surface area (Å²) >= 11 is 0. The van der Waals surface area contributed by atoms with Crippen LogP contribution in [0, 0.1) is 6.92 Å². The van der Waals surface area contributed by atoms with Crippen LogP contribution < -0.4 is 9.47 Å². The number of hydrogen-bond donors (Lipinski definition) is 1. The minimum absolute atomic E-state index is 0.413. The van der Waals surface area contributed by atoms with Crippen LogP contribution >= 0.6 is 0 Å². The second kappa shape index (κ2) is 9.26. The van der Waals surface area contributed by atoms with Crippen LogP contribution in [0.2, 0.25) is 0 Å². The molecule has 0 atom stereocenters. The normalized spacial score (nSPS) is 11.1. The lowest BCUT2D eigenvalue weighted by Crippen LogP contribution is -2.06. The van der Waals surface area contributed by atoms with Crippen molar-refractivity contribution in [3.63, 3.8) is 0 Å². The van der Waals surface area contributed by atoms with Gasteiger partial charge in [0.15, 0.2) is 5.52 Å². The Kier molecular flexibility index (Phi) is 5.86. The molecule has 0 fully saturated rings. The minimum atomic E-state index is 0.413. The zero-order chi connectivity index (χ0) is 23.5. The number of imidazole rings is 1. The summed E-state index contributed by atoms with van der Waals surface area (Å²) in [6.45, 7) is 7.36. The van der Waals surface area contributed by atoms with Crippen LogP contribution in [0.5, 0.6) is 11.8 Å². The van der Waals surface area contributed by atoms with E-state index in [0.29, 0.717) is 42.9 Å². The van der Waals surface area contributed by atoms with E-state index in [-0.39, 0.29) is 0 Å². The smallest absolute Gasteiger partial charge is 0.262 e. The van der Waals surface area contributed by atoms with E-state index in [1.165, 1.54) is 0 Å². The third-order valence-corrected chi connectivity index (χ3v) is 5.48. The number of aromatic amines is 1. The van der Waals surface area contributed by atoms with Crippen molar-refractivity contribution in [2.45, 2.75) is 27.3 Å². The van der Waals surface area contributed by atoms with Crippen LogP contribution in [-0.2, 0) is 6.54 Å². The molecule has 0 aliphatic heterocycles. The summed E-state index contributed by atoms with van der Waals surface area (Å²) in [5.41, 5.74) is 5.57. The lowest BCUT2D eigenvalue weighted by atomic mass is 9.98. The van der Waals surface area contributed by atoms with Gasteiger partial charge in [0.05, 0.1) is 13.2 Å². The SMILES string of the molecule is CCOc1nnc(OCC)c2c1nc(C)n2Cc1ccc(-c2ccccc2-c2nn[nH]n2)cc1. The van der Waals surface area contributed by atoms with Gasteiger partial charge in [-0.1, -0.05) is 48.5 Å². The average molecular weight is 457 g/mol. The van der Waals surface area contributed by atoms with Gasteiger partial charge in [-0.2, -0.15) is 5.21 Å². The number of hydrogen-bond acceptors (Lipinski definition) is 8. The number of rotatable bonds is 8. The van der Waals surface area contributed by atoms with Crippen LogP contribution in [0.4, 0.5) is 0 Å². The number of H-pyrrole nitrogens is 1. The zero-order valence-corrected chi connectivity index (χ0v) is 19.2. The van der Waals surface area contributed by atoms with Gasteiger partial charge in [0.1, 0.15) is 11.3 Å². The predicted octanol–water partition coefficient (Wildman–Crippen LogP) is 3.83. The molecule has 0 aliphatic carbocycles. The maximum absolute atomic E-state index is 5.76. The number of fused-ring (bicyclic) bond motifs is 1. The summed E-state index contributed by atoms with van der Waals surface area (Å²) in [5.74, 6) is 2.26. The molecule has 0 saturated carbocycles. The van der Waals surface area contributed by atoms with Gasteiger partial charge in [-0.05, 0) is 42.7 Å². The monoisotopic (exact) mass is 456 g/mol. The summed E-state index contributed by atoms with van der Waals surface area (Å²) in [6.07, 6.45) is 0. The Labute approximate surface area is 196 Å². The van der Waals surface area contributed by atoms with E-state index in [2.05, 4.69) is 65.7 Å². The van der Waals surface area contributed by atoms with E-state index in [9.17, 15) is 0 Å². The van der Waals surface area contributed by atoms with E-state index in [1.807, 2.05) is 39.0 Å². The van der Waals surface area contributed by atoms with Crippen LogP contribution in [0.3, 0.4) is 0 Å². The van der Waals surface area contributed by atoms with Crippen LogP contribution in [0.15, 0.2) is 48.5 Å². The lowest BCUT2D eigenvalue weighted by molar-refractivity contribution is 0.308. The topological polar surface area (TPSA) is 117 Å². The fourth-order valence-electron chi connectivity index (χ4n) is 3.96. The van der Waals surface area contributed by atoms with Gasteiger partial charge in [-0.25, -0.2) is 4.98 Å². The predicted molar refractivity (Wildman–Crippen MR) is 127 cm³/mol. The molecule has 2 aromatic carbocycles. The Morgan fingerprint density at radius 2 is 1.56 bits per heavy atom. The quantitative estimate of drug-likeness (QED) is 0.374. The molecule has 3 heterocycles. The molecule has 0 spiro atoms. The molecule has 3 aromatic heterocycles. The number of tetrazole rings is 1. The van der Waals surface area contributed by atoms with E-state index in [4.69, 9.17) is 14.5 Å². The standard InChI is InChI=1S/C24H24N8O2/c1-4-33-23-20-21(24(29-28-23)34-5-2)32(15(3)25-20)14-16-10-12-17(13-11-16)18-8-6-7-9-19(18)22-26-30-31-27-22/h6-13H,4-5,14H2,1-3H3,(H,26,27,30,31). The maximum Gasteiger partial charge on any atom is 0.262 e. The number of aromatic nitrogens is 8. The van der Waals surface area contributed by atoms with Gasteiger partial charge in [0, 0.05) is 12.1 Å². The number of aryl methyl sites for hydroxylation is 1. The second-order valence-electron chi connectivity index (χ2n) is 7.60. The third-order valence-electron chi connectivity index (χ3n) is 5.48. The Bertz CT molecular complexity index is 1410. The molecule has 0 bridgehead atoms. The maximum atomic E-state index is 5.76. The molecule has 1 N–H and O–H groups in total. The number of ether oxygens (including phenoxy) is 2. The number of benzene rings is 2. The van der Waals surface area contributed by atoms with Crippen LogP contribution in [-0.4, -0.2) is 53.6 Å². The molecule has 0 unspecified atom stereocenters. The van der Waals surface area contributed by atoms with E-state index >= 15 is 0 Å². The highest BCUT2D eigenvalue weighted by Gasteiger charge is 2.20. The highest BCUT2D eigenvalue weighted by Crippen LogP contribution is 2.32. The van der Waals surface area contributed by atoms with Crippen molar-refractivity contribution in [3.8, 4) is 34.3 Å². The van der Waals surface area contributed by atoms with Crippen molar-refractivity contribution in [1.82, 2.24) is 40.4 Å². The van der Waals surface area contributed by atoms with Crippen molar-refractivity contribution >= 4 is 11.0 Å². The van der Waals surface area contributed by atoms with Crippen molar-refractivity contribution < 1.29 is 9.47 Å². The van der Waals surface area contributed by atoms with E-state index in [0.717, 1.165) is 33.6 Å². The fourth-order valence-corrected chi connectivity index (χ4v) is 3.96. The second-order valence-corrected chi connectivity index (χ2v) is 7.60. The van der Waals surface area contributed by atoms with Crippen molar-refractivity contribution in [2.24, 2.45) is 0 Å². The molecular weight excluding hydrogens is 432 g/mol. The first-order valence-corrected chi connectivity index (χ1v) is 11.1. The van der Waals surface area contributed by atoms with Crippen LogP contribution in [0.1, 0.15) is 25.2 Å². The first-order valence-electron chi connectivity index (χ1n) is 11.1. The zero-order valence-electron chi connectivity index (χ0n) is 19.2. The van der Waals surface area contributed by atoms with Gasteiger partial charge in [0.25, 0.3) is 11.8 Å². The molecule has 0 radical (unpaired) electrons. The summed E-state index contributed by atoms with van der Waals surface area (Å²) in [5, 5.41) is 22.9. The van der Waals surface area contributed by atoms with Crippen molar-refractivity contribution in [2.75, 3.05) is 13.2 Å². The first kappa shape index (κ1) is 21.5. The molecular formula is C24H24N8O2. The van der Waals surface area contributed by atoms with Crippen molar-refractivity contribution in [1.29, 1.82) is 0 Å². The Morgan fingerprint density at radius 1 is 0.853 bits per heavy atom. The molecule has 0 amide bonds. The Balaban J connectivity index is 1.50. The molecule has 10 heteroatoms. The number of nitrogens with zero attached hydrogens (tertiary/aromatic N) is 7. The molecule has 5 rings (SSSR count). The molecule has 34 heavy (non-hydrogen) atoms. The van der Waals surface area contributed by atoms with E-state index in [1.54, 1.807) is 0 Å². The summed E-state index contributed by atoms with van der Waals surface area (Å²) in [6, 6.07) is 16.4. The Hall–Kier alpha value is -4.34. The lowest BCUT2D eigenvalue weighted by Gasteiger charge is -2.12. The summed E-state index contributed by atoms with van der Waals surface area (Å²) in [4.78, 5) is 4.71. The third kappa shape index (κ3) is 3.94. The average Bonchev–Trinajstić information content (AvgIpc) is 3.51. The first-order chi connectivity index (χ1) is 16.7. The van der Waals surface area contributed by atoms with Crippen molar-refractivity contribution in [3.05, 3.63) is 59.9 Å². The molecule has 0 aliphatic rings. The molecule has 172 valence electrons. The minimum Gasteiger partial charge on any atom is -0.475 e. The highest BCUT2D eigenvalue weighted by atomic mass is 16.5. The Morgan fingerprint density at radius 3 is 2.26 bits per heavy atom. The highest BCUT2D eigenvalue weighted by molar-refractivity contribution is 5.85. The fraction of sp³-hybridized carbons (Fsp3) is 0.250. The van der Waals surface area contributed by atoms with E-state index < -0.39 is 0 Å². The molecule has 5 aromatic rings. The van der Waals surface area contributed by atoms with Gasteiger partial charge in [-0.15, -0.1) is 20.4 Å². The van der Waals surface area contributed by atoms with Gasteiger partial charge in [0.2, 0.25) is 5.82 Å². The van der Waals surface area contributed by atoms with Gasteiger partial charge >= 0.3 is 0 Å². The van der Waals surface area contributed by atoms with Gasteiger partial charge < -0.3 is 14.0 Å².